The Hall–Kier alpha value is -2.82. The Balaban J connectivity index is 1.84. The lowest BCUT2D eigenvalue weighted by molar-refractivity contribution is -0.109. The highest BCUT2D eigenvalue weighted by molar-refractivity contribution is 5.94. The molecule has 1 heterocycles. The van der Waals surface area contributed by atoms with Crippen molar-refractivity contribution in [1.82, 2.24) is 10.6 Å². The highest BCUT2D eigenvalue weighted by Gasteiger charge is 2.07. The second kappa shape index (κ2) is 7.45. The van der Waals surface area contributed by atoms with Gasteiger partial charge in [0.15, 0.2) is 5.96 Å². The van der Waals surface area contributed by atoms with Crippen molar-refractivity contribution in [1.29, 1.82) is 0 Å². The minimum Gasteiger partial charge on any atom is -0.356 e. The van der Waals surface area contributed by atoms with Crippen LogP contribution < -0.4 is 16.0 Å². The van der Waals surface area contributed by atoms with E-state index >= 15 is 0 Å². The Bertz CT molecular complexity index is 712. The summed E-state index contributed by atoms with van der Waals surface area (Å²) < 4.78 is 0. The number of carbonyl (C=O) groups excluding carboxylic acids is 1. The molecule has 0 aliphatic carbocycles. The lowest BCUT2D eigenvalue weighted by atomic mass is 9.99. The smallest absolute Gasteiger partial charge is 0.207 e. The fraction of sp³-hybridized carbons (Fsp3) is 0.222. The summed E-state index contributed by atoms with van der Waals surface area (Å²) in [5.74, 6) is 0.823. The molecule has 0 radical (unpaired) electrons. The van der Waals surface area contributed by atoms with Crippen LogP contribution in [0.3, 0.4) is 0 Å². The Labute approximate surface area is 135 Å². The topological polar surface area (TPSA) is 65.5 Å². The van der Waals surface area contributed by atoms with Crippen molar-refractivity contribution in [3.05, 3.63) is 54.1 Å². The van der Waals surface area contributed by atoms with Crippen LogP contribution in [0.1, 0.15) is 12.0 Å². The van der Waals surface area contributed by atoms with E-state index in [4.69, 9.17) is 0 Å². The molecule has 2 aromatic rings. The molecule has 118 valence electrons. The van der Waals surface area contributed by atoms with Gasteiger partial charge < -0.3 is 16.0 Å². The molecule has 1 aliphatic heterocycles. The van der Waals surface area contributed by atoms with Crippen LogP contribution in [0.2, 0.25) is 0 Å². The fourth-order valence-electron chi connectivity index (χ4n) is 2.63. The van der Waals surface area contributed by atoms with Crippen molar-refractivity contribution in [2.24, 2.45) is 4.99 Å². The maximum Gasteiger partial charge on any atom is 0.207 e. The van der Waals surface area contributed by atoms with Crippen molar-refractivity contribution >= 4 is 18.1 Å². The zero-order chi connectivity index (χ0) is 15.9. The number of benzene rings is 2. The molecule has 3 rings (SSSR count). The van der Waals surface area contributed by atoms with Gasteiger partial charge in [-0.2, -0.15) is 0 Å². The monoisotopic (exact) mass is 308 g/mol. The van der Waals surface area contributed by atoms with Crippen LogP contribution in [0.25, 0.3) is 11.1 Å². The van der Waals surface area contributed by atoms with E-state index < -0.39 is 0 Å². The molecule has 0 unspecified atom stereocenters. The van der Waals surface area contributed by atoms with Crippen LogP contribution in [0, 0.1) is 0 Å². The molecule has 2 aromatic carbocycles. The summed E-state index contributed by atoms with van der Waals surface area (Å²) in [6, 6.07) is 16.3. The molecule has 0 saturated carbocycles. The number of hydrogen-bond donors (Lipinski definition) is 3. The Kier molecular flexibility index (Phi) is 4.88. The summed E-state index contributed by atoms with van der Waals surface area (Å²) in [4.78, 5) is 15.0. The van der Waals surface area contributed by atoms with E-state index in [0.29, 0.717) is 6.54 Å². The van der Waals surface area contributed by atoms with Gasteiger partial charge in [0.05, 0.1) is 0 Å². The third-order valence-corrected chi connectivity index (χ3v) is 3.73. The van der Waals surface area contributed by atoms with Crippen molar-refractivity contribution in [2.75, 3.05) is 18.4 Å². The lowest BCUT2D eigenvalue weighted by Gasteiger charge is -2.17. The minimum atomic E-state index is 0.519. The van der Waals surface area contributed by atoms with Crippen molar-refractivity contribution in [3.8, 4) is 11.1 Å². The van der Waals surface area contributed by atoms with Gasteiger partial charge in [-0.3, -0.25) is 9.79 Å². The van der Waals surface area contributed by atoms with Gasteiger partial charge >= 0.3 is 0 Å². The number of anilines is 1. The number of nitrogens with zero attached hydrogens (tertiary/aromatic N) is 1. The summed E-state index contributed by atoms with van der Waals surface area (Å²) >= 11 is 0. The maximum atomic E-state index is 10.6. The molecule has 1 aliphatic rings. The first-order valence-electron chi connectivity index (χ1n) is 7.77. The summed E-state index contributed by atoms with van der Waals surface area (Å²) in [5.41, 5.74) is 4.30. The molecule has 1 amide bonds. The van der Waals surface area contributed by atoms with E-state index in [1.165, 1.54) is 0 Å². The van der Waals surface area contributed by atoms with Crippen molar-refractivity contribution in [3.63, 3.8) is 0 Å². The van der Waals surface area contributed by atoms with Gasteiger partial charge in [-0.05, 0) is 35.2 Å². The van der Waals surface area contributed by atoms with Gasteiger partial charge in [-0.15, -0.1) is 0 Å². The predicted molar refractivity (Wildman–Crippen MR) is 93.3 cm³/mol. The largest absolute Gasteiger partial charge is 0.356 e. The summed E-state index contributed by atoms with van der Waals surface area (Å²) in [7, 11) is 0. The highest BCUT2D eigenvalue weighted by atomic mass is 16.1. The second-order valence-corrected chi connectivity index (χ2v) is 5.37. The number of carbonyl (C=O) groups is 1. The Morgan fingerprint density at radius 2 is 2.09 bits per heavy atom. The molecule has 23 heavy (non-hydrogen) atoms. The zero-order valence-corrected chi connectivity index (χ0v) is 12.9. The first-order valence-corrected chi connectivity index (χ1v) is 7.77. The average Bonchev–Trinajstić information content (AvgIpc) is 2.61. The van der Waals surface area contributed by atoms with E-state index in [9.17, 15) is 4.79 Å². The molecule has 0 aromatic heterocycles. The Morgan fingerprint density at radius 1 is 1.17 bits per heavy atom. The Morgan fingerprint density at radius 3 is 2.91 bits per heavy atom. The fourth-order valence-corrected chi connectivity index (χ4v) is 2.63. The number of hydrogen-bond acceptors (Lipinski definition) is 4. The maximum absolute atomic E-state index is 10.6. The van der Waals surface area contributed by atoms with E-state index in [0.717, 1.165) is 54.3 Å². The average molecular weight is 308 g/mol. The van der Waals surface area contributed by atoms with Crippen LogP contribution >= 0.6 is 0 Å². The molecule has 0 fully saturated rings. The molecule has 3 N–H and O–H groups in total. The van der Waals surface area contributed by atoms with Gasteiger partial charge in [-0.25, -0.2) is 0 Å². The number of nitrogens with one attached hydrogen (secondary N) is 3. The highest BCUT2D eigenvalue weighted by Crippen LogP contribution is 2.26. The van der Waals surface area contributed by atoms with E-state index in [-0.39, 0.29) is 0 Å². The molecule has 0 atom stereocenters. The minimum absolute atomic E-state index is 0.519. The second-order valence-electron chi connectivity index (χ2n) is 5.37. The van der Waals surface area contributed by atoms with E-state index in [2.05, 4.69) is 39.1 Å². The van der Waals surface area contributed by atoms with Crippen LogP contribution in [0.5, 0.6) is 0 Å². The third-order valence-electron chi connectivity index (χ3n) is 3.73. The molecule has 0 spiro atoms. The predicted octanol–water partition coefficient (Wildman–Crippen LogP) is 2.36. The summed E-state index contributed by atoms with van der Waals surface area (Å²) in [6.45, 7) is 2.33. The first kappa shape index (κ1) is 15.1. The third kappa shape index (κ3) is 3.88. The van der Waals surface area contributed by atoms with Crippen LogP contribution in [0.15, 0.2) is 53.5 Å². The zero-order valence-electron chi connectivity index (χ0n) is 12.9. The van der Waals surface area contributed by atoms with Gasteiger partial charge in [0, 0.05) is 25.3 Å². The molecule has 5 nitrogen and oxygen atoms in total. The van der Waals surface area contributed by atoms with E-state index in [1.807, 2.05) is 30.3 Å². The number of rotatable bonds is 5. The molecular weight excluding hydrogens is 288 g/mol. The SMILES string of the molecule is O=CNCc1ccccc1-c1cccc(NC2=NCCCN2)c1. The molecular formula is C18H20N4O. The number of amides is 1. The molecule has 5 heteroatoms. The van der Waals surface area contributed by atoms with Crippen molar-refractivity contribution < 1.29 is 4.79 Å². The molecule has 0 saturated heterocycles. The van der Waals surface area contributed by atoms with Crippen molar-refractivity contribution in [2.45, 2.75) is 13.0 Å². The standard InChI is InChI=1S/C18H20N4O/c23-13-19-12-15-5-1-2-8-17(15)14-6-3-7-16(11-14)22-18-20-9-4-10-21-18/h1-3,5-8,11,13H,4,9-10,12H2,(H,19,23)(H2,20,21,22). The van der Waals surface area contributed by atoms with E-state index in [1.54, 1.807) is 0 Å². The summed E-state index contributed by atoms with van der Waals surface area (Å²) in [5, 5.41) is 9.31. The van der Waals surface area contributed by atoms with Gasteiger partial charge in [0.2, 0.25) is 6.41 Å². The molecule has 0 bridgehead atoms. The van der Waals surface area contributed by atoms with Crippen LogP contribution in [-0.2, 0) is 11.3 Å². The van der Waals surface area contributed by atoms with Gasteiger partial charge in [-0.1, -0.05) is 36.4 Å². The van der Waals surface area contributed by atoms with Crippen LogP contribution in [-0.4, -0.2) is 25.5 Å². The summed E-state index contributed by atoms with van der Waals surface area (Å²) in [6.07, 6.45) is 1.80. The number of aliphatic imine (C=N–C) groups is 1. The first-order chi connectivity index (χ1) is 11.4. The van der Waals surface area contributed by atoms with Gasteiger partial charge in [0.25, 0.3) is 0 Å². The van der Waals surface area contributed by atoms with Gasteiger partial charge in [0.1, 0.15) is 0 Å². The lowest BCUT2D eigenvalue weighted by Crippen LogP contribution is -2.35. The van der Waals surface area contributed by atoms with Crippen LogP contribution in [0.4, 0.5) is 5.69 Å². The quantitative estimate of drug-likeness (QED) is 0.743. The normalized spacial score (nSPS) is 13.7. The number of guanidine groups is 1.